The molecule has 0 aliphatic rings. The third-order valence-corrected chi connectivity index (χ3v) is 2.98. The van der Waals surface area contributed by atoms with E-state index in [2.05, 4.69) is 5.32 Å². The zero-order valence-corrected chi connectivity index (χ0v) is 12.9. The minimum absolute atomic E-state index is 0.167. The molecule has 0 radical (unpaired) electrons. The van der Waals surface area contributed by atoms with Crippen molar-refractivity contribution < 1.29 is 23.0 Å². The van der Waals surface area contributed by atoms with Crippen LogP contribution in [0.2, 0.25) is 0 Å². The Kier molecular flexibility index (Phi) is 5.51. The van der Waals surface area contributed by atoms with Gasteiger partial charge in [0.15, 0.2) is 23.1 Å². The fourth-order valence-electron chi connectivity index (χ4n) is 1.97. The SMILES string of the molecule is CCOc1ccc(C(=O)Nc2ccc(F)c(F)c2)cc1OCC. The van der Waals surface area contributed by atoms with Crippen molar-refractivity contribution in [2.45, 2.75) is 13.8 Å². The Morgan fingerprint density at radius 1 is 0.957 bits per heavy atom. The van der Waals surface area contributed by atoms with Crippen molar-refractivity contribution in [1.29, 1.82) is 0 Å². The molecule has 0 atom stereocenters. The quantitative estimate of drug-likeness (QED) is 0.874. The molecule has 0 saturated heterocycles. The van der Waals surface area contributed by atoms with E-state index in [0.29, 0.717) is 30.3 Å². The van der Waals surface area contributed by atoms with Gasteiger partial charge in [0, 0.05) is 17.3 Å². The lowest BCUT2D eigenvalue weighted by molar-refractivity contribution is 0.102. The first-order chi connectivity index (χ1) is 11.0. The maximum absolute atomic E-state index is 13.2. The van der Waals surface area contributed by atoms with Crippen LogP contribution in [0.1, 0.15) is 24.2 Å². The number of amides is 1. The summed E-state index contributed by atoms with van der Waals surface area (Å²) in [6.45, 7) is 4.57. The Balaban J connectivity index is 2.21. The Morgan fingerprint density at radius 3 is 2.30 bits per heavy atom. The molecule has 0 bridgehead atoms. The second-order valence-electron chi connectivity index (χ2n) is 4.61. The summed E-state index contributed by atoms with van der Waals surface area (Å²) in [6.07, 6.45) is 0. The number of benzene rings is 2. The first kappa shape index (κ1) is 16.7. The molecule has 2 rings (SSSR count). The highest BCUT2D eigenvalue weighted by Gasteiger charge is 2.12. The number of nitrogens with one attached hydrogen (secondary N) is 1. The Bertz CT molecular complexity index is 704. The van der Waals surface area contributed by atoms with Crippen molar-refractivity contribution in [2.24, 2.45) is 0 Å². The zero-order chi connectivity index (χ0) is 16.8. The first-order valence-electron chi connectivity index (χ1n) is 7.21. The highest BCUT2D eigenvalue weighted by molar-refractivity contribution is 6.04. The van der Waals surface area contributed by atoms with Crippen LogP contribution >= 0.6 is 0 Å². The van der Waals surface area contributed by atoms with Crippen LogP contribution in [-0.4, -0.2) is 19.1 Å². The summed E-state index contributed by atoms with van der Waals surface area (Å²) in [5.41, 5.74) is 0.488. The molecule has 0 unspecified atom stereocenters. The van der Waals surface area contributed by atoms with E-state index in [0.717, 1.165) is 12.1 Å². The fourth-order valence-corrected chi connectivity index (χ4v) is 1.97. The molecule has 0 aromatic heterocycles. The van der Waals surface area contributed by atoms with E-state index in [9.17, 15) is 13.6 Å². The lowest BCUT2D eigenvalue weighted by Gasteiger charge is -2.12. The molecule has 0 fully saturated rings. The second-order valence-corrected chi connectivity index (χ2v) is 4.61. The van der Waals surface area contributed by atoms with Crippen molar-refractivity contribution in [1.82, 2.24) is 0 Å². The molecule has 4 nitrogen and oxygen atoms in total. The summed E-state index contributed by atoms with van der Waals surface area (Å²) in [5, 5.41) is 2.51. The predicted octanol–water partition coefficient (Wildman–Crippen LogP) is 4.01. The second kappa shape index (κ2) is 7.58. The number of anilines is 1. The van der Waals surface area contributed by atoms with Crippen LogP contribution in [0, 0.1) is 11.6 Å². The van der Waals surface area contributed by atoms with E-state index in [1.165, 1.54) is 6.07 Å². The smallest absolute Gasteiger partial charge is 0.255 e. The minimum atomic E-state index is -1.02. The van der Waals surface area contributed by atoms with E-state index >= 15 is 0 Å². The molecule has 122 valence electrons. The van der Waals surface area contributed by atoms with Gasteiger partial charge >= 0.3 is 0 Å². The fraction of sp³-hybridized carbons (Fsp3) is 0.235. The number of halogens is 2. The van der Waals surface area contributed by atoms with Gasteiger partial charge in [-0.1, -0.05) is 0 Å². The zero-order valence-electron chi connectivity index (χ0n) is 12.9. The van der Waals surface area contributed by atoms with E-state index in [1.54, 1.807) is 18.2 Å². The van der Waals surface area contributed by atoms with Crippen LogP contribution in [0.25, 0.3) is 0 Å². The van der Waals surface area contributed by atoms with Crippen LogP contribution in [0.3, 0.4) is 0 Å². The Labute approximate surface area is 133 Å². The molecule has 0 saturated carbocycles. The first-order valence-corrected chi connectivity index (χ1v) is 7.21. The van der Waals surface area contributed by atoms with E-state index in [1.807, 2.05) is 13.8 Å². The van der Waals surface area contributed by atoms with Gasteiger partial charge in [-0.2, -0.15) is 0 Å². The monoisotopic (exact) mass is 321 g/mol. The van der Waals surface area contributed by atoms with Gasteiger partial charge in [0.1, 0.15) is 0 Å². The predicted molar refractivity (Wildman–Crippen MR) is 83.1 cm³/mol. The third kappa shape index (κ3) is 4.18. The lowest BCUT2D eigenvalue weighted by atomic mass is 10.1. The molecule has 2 aromatic rings. The normalized spacial score (nSPS) is 10.3. The molecular formula is C17H17F2NO3. The summed E-state index contributed by atoms with van der Waals surface area (Å²) < 4.78 is 36.9. The minimum Gasteiger partial charge on any atom is -0.490 e. The number of hydrogen-bond donors (Lipinski definition) is 1. The number of rotatable bonds is 6. The largest absolute Gasteiger partial charge is 0.490 e. The van der Waals surface area contributed by atoms with Gasteiger partial charge in [0.2, 0.25) is 0 Å². The molecule has 0 aliphatic heterocycles. The van der Waals surface area contributed by atoms with Gasteiger partial charge in [0.25, 0.3) is 5.91 Å². The maximum Gasteiger partial charge on any atom is 0.255 e. The van der Waals surface area contributed by atoms with Crippen molar-refractivity contribution in [2.75, 3.05) is 18.5 Å². The molecular weight excluding hydrogens is 304 g/mol. The standard InChI is InChI=1S/C17H17F2NO3/c1-3-22-15-8-5-11(9-16(15)23-4-2)17(21)20-12-6-7-13(18)14(19)10-12/h5-10H,3-4H2,1-2H3,(H,20,21). The molecule has 2 aromatic carbocycles. The number of hydrogen-bond acceptors (Lipinski definition) is 3. The van der Waals surface area contributed by atoms with E-state index in [-0.39, 0.29) is 5.69 Å². The van der Waals surface area contributed by atoms with Gasteiger partial charge in [0.05, 0.1) is 13.2 Å². The van der Waals surface area contributed by atoms with E-state index < -0.39 is 17.5 Å². The summed E-state index contributed by atoms with van der Waals surface area (Å²) in [6, 6.07) is 7.91. The van der Waals surface area contributed by atoms with Crippen LogP contribution in [-0.2, 0) is 0 Å². The highest BCUT2D eigenvalue weighted by atomic mass is 19.2. The lowest BCUT2D eigenvalue weighted by Crippen LogP contribution is -2.12. The number of carbonyl (C=O) groups excluding carboxylic acids is 1. The van der Waals surface area contributed by atoms with Crippen molar-refractivity contribution >= 4 is 11.6 Å². The molecule has 23 heavy (non-hydrogen) atoms. The Hall–Kier alpha value is -2.63. The Morgan fingerprint density at radius 2 is 1.65 bits per heavy atom. The van der Waals surface area contributed by atoms with Crippen LogP contribution in [0.15, 0.2) is 36.4 Å². The molecule has 6 heteroatoms. The van der Waals surface area contributed by atoms with Crippen LogP contribution in [0.4, 0.5) is 14.5 Å². The van der Waals surface area contributed by atoms with Gasteiger partial charge in [-0.25, -0.2) is 8.78 Å². The van der Waals surface area contributed by atoms with Gasteiger partial charge in [-0.3, -0.25) is 4.79 Å². The van der Waals surface area contributed by atoms with Gasteiger partial charge < -0.3 is 14.8 Å². The van der Waals surface area contributed by atoms with Crippen molar-refractivity contribution in [3.8, 4) is 11.5 Å². The molecule has 0 aliphatic carbocycles. The van der Waals surface area contributed by atoms with E-state index in [4.69, 9.17) is 9.47 Å². The summed E-state index contributed by atoms with van der Waals surface area (Å²) in [5.74, 6) is -1.46. The summed E-state index contributed by atoms with van der Waals surface area (Å²) in [7, 11) is 0. The average Bonchev–Trinajstić information content (AvgIpc) is 2.53. The number of carbonyl (C=O) groups is 1. The van der Waals surface area contributed by atoms with Crippen molar-refractivity contribution in [3.63, 3.8) is 0 Å². The molecule has 0 spiro atoms. The van der Waals surface area contributed by atoms with Crippen LogP contribution < -0.4 is 14.8 Å². The van der Waals surface area contributed by atoms with Crippen LogP contribution in [0.5, 0.6) is 11.5 Å². The molecule has 0 heterocycles. The number of ether oxygens (including phenoxy) is 2. The highest BCUT2D eigenvalue weighted by Crippen LogP contribution is 2.29. The van der Waals surface area contributed by atoms with Gasteiger partial charge in [-0.05, 0) is 44.2 Å². The average molecular weight is 321 g/mol. The summed E-state index contributed by atoms with van der Waals surface area (Å²) in [4.78, 5) is 12.2. The third-order valence-electron chi connectivity index (χ3n) is 2.98. The van der Waals surface area contributed by atoms with Gasteiger partial charge in [-0.15, -0.1) is 0 Å². The topological polar surface area (TPSA) is 47.6 Å². The summed E-state index contributed by atoms with van der Waals surface area (Å²) >= 11 is 0. The molecule has 1 amide bonds. The molecule has 1 N–H and O–H groups in total. The van der Waals surface area contributed by atoms with Crippen molar-refractivity contribution in [3.05, 3.63) is 53.6 Å². The maximum atomic E-state index is 13.2.